The molecule has 1 heterocycles. The Labute approximate surface area is 135 Å². The minimum absolute atomic E-state index is 0.530. The van der Waals surface area contributed by atoms with E-state index in [4.69, 9.17) is 9.15 Å². The maximum absolute atomic E-state index is 5.75. The van der Waals surface area contributed by atoms with Gasteiger partial charge in [0.2, 0.25) is 11.8 Å². The van der Waals surface area contributed by atoms with Crippen LogP contribution in [0.3, 0.4) is 0 Å². The predicted molar refractivity (Wildman–Crippen MR) is 88.6 cm³/mol. The normalized spacial score (nSPS) is 10.5. The van der Waals surface area contributed by atoms with Crippen molar-refractivity contribution in [3.8, 4) is 5.75 Å². The molecule has 0 aliphatic rings. The average Bonchev–Trinajstić information content (AvgIpc) is 3.02. The van der Waals surface area contributed by atoms with Crippen molar-refractivity contribution in [1.29, 1.82) is 0 Å². The van der Waals surface area contributed by atoms with Gasteiger partial charge in [-0.15, -0.1) is 10.2 Å². The van der Waals surface area contributed by atoms with E-state index in [0.29, 0.717) is 24.7 Å². The summed E-state index contributed by atoms with van der Waals surface area (Å²) in [6.07, 6.45) is 0.645. The van der Waals surface area contributed by atoms with Crippen molar-refractivity contribution in [2.75, 3.05) is 19.1 Å². The molecule has 0 spiro atoms. The molecule has 0 fully saturated rings. The molecule has 5 heteroatoms. The number of aromatic nitrogens is 2. The molecule has 0 saturated carbocycles. The van der Waals surface area contributed by atoms with Gasteiger partial charge >= 0.3 is 0 Å². The summed E-state index contributed by atoms with van der Waals surface area (Å²) >= 11 is 0. The number of ether oxygens (including phenoxy) is 1. The van der Waals surface area contributed by atoms with E-state index in [-0.39, 0.29) is 0 Å². The summed E-state index contributed by atoms with van der Waals surface area (Å²) in [5.41, 5.74) is 2.14. The van der Waals surface area contributed by atoms with Crippen molar-refractivity contribution < 1.29 is 9.15 Å². The Morgan fingerprint density at radius 2 is 1.65 bits per heavy atom. The van der Waals surface area contributed by atoms with Gasteiger partial charge in [0.1, 0.15) is 5.75 Å². The number of benzene rings is 2. The first-order valence-electron chi connectivity index (χ1n) is 7.45. The van der Waals surface area contributed by atoms with Crippen LogP contribution in [0.15, 0.2) is 59.0 Å². The number of anilines is 1. The van der Waals surface area contributed by atoms with E-state index in [9.17, 15) is 0 Å². The highest BCUT2D eigenvalue weighted by Gasteiger charge is 2.12. The maximum Gasteiger partial charge on any atom is 0.235 e. The van der Waals surface area contributed by atoms with E-state index >= 15 is 0 Å². The number of methoxy groups -OCH3 is 1. The largest absolute Gasteiger partial charge is 0.495 e. The van der Waals surface area contributed by atoms with E-state index in [1.54, 1.807) is 7.11 Å². The molecule has 0 unspecified atom stereocenters. The third kappa shape index (κ3) is 3.69. The Balaban J connectivity index is 1.69. The Morgan fingerprint density at radius 1 is 0.957 bits per heavy atom. The quantitative estimate of drug-likeness (QED) is 0.699. The van der Waals surface area contributed by atoms with Crippen LogP contribution < -0.4 is 9.64 Å². The van der Waals surface area contributed by atoms with E-state index in [1.165, 1.54) is 0 Å². The third-order valence-electron chi connectivity index (χ3n) is 3.58. The summed E-state index contributed by atoms with van der Waals surface area (Å²) in [5.74, 6) is 2.03. The monoisotopic (exact) mass is 309 g/mol. The smallest absolute Gasteiger partial charge is 0.235 e. The fourth-order valence-corrected chi connectivity index (χ4v) is 2.43. The molecule has 0 N–H and O–H groups in total. The van der Waals surface area contributed by atoms with Crippen LogP contribution in [0.25, 0.3) is 0 Å². The molecule has 5 nitrogen and oxygen atoms in total. The van der Waals surface area contributed by atoms with Gasteiger partial charge in [-0.1, -0.05) is 42.5 Å². The predicted octanol–water partition coefficient (Wildman–Crippen LogP) is 3.31. The number of para-hydroxylation sites is 2. The van der Waals surface area contributed by atoms with Crippen molar-refractivity contribution in [1.82, 2.24) is 10.2 Å². The topological polar surface area (TPSA) is 51.4 Å². The highest BCUT2D eigenvalue weighted by Crippen LogP contribution is 2.27. The Hall–Kier alpha value is -2.82. The van der Waals surface area contributed by atoms with Gasteiger partial charge in [0.05, 0.1) is 25.8 Å². The lowest BCUT2D eigenvalue weighted by atomic mass is 10.2. The van der Waals surface area contributed by atoms with Crippen molar-refractivity contribution >= 4 is 5.69 Å². The lowest BCUT2D eigenvalue weighted by Gasteiger charge is -2.19. The van der Waals surface area contributed by atoms with E-state index in [2.05, 4.69) is 10.2 Å². The van der Waals surface area contributed by atoms with E-state index < -0.39 is 0 Å². The number of nitrogens with zero attached hydrogens (tertiary/aromatic N) is 3. The van der Waals surface area contributed by atoms with Gasteiger partial charge in [0.25, 0.3) is 0 Å². The number of hydrogen-bond donors (Lipinski definition) is 0. The van der Waals surface area contributed by atoms with Gasteiger partial charge in [-0.25, -0.2) is 0 Å². The van der Waals surface area contributed by atoms with Gasteiger partial charge in [-0.3, -0.25) is 0 Å². The van der Waals surface area contributed by atoms with Crippen molar-refractivity contribution in [2.24, 2.45) is 0 Å². The molecule has 23 heavy (non-hydrogen) atoms. The van der Waals surface area contributed by atoms with Crippen molar-refractivity contribution in [3.63, 3.8) is 0 Å². The lowest BCUT2D eigenvalue weighted by Crippen LogP contribution is -2.17. The Bertz CT molecular complexity index is 756. The standard InChI is InChI=1S/C18H19N3O2/c1-21(15-10-6-7-11-16(15)22-2)13-18-20-19-17(23-18)12-14-8-4-3-5-9-14/h3-11H,12-13H2,1-2H3. The first-order chi connectivity index (χ1) is 11.3. The van der Waals surface area contributed by atoms with Crippen molar-refractivity contribution in [3.05, 3.63) is 71.9 Å². The minimum Gasteiger partial charge on any atom is -0.495 e. The Kier molecular flexibility index (Phi) is 4.57. The zero-order chi connectivity index (χ0) is 16.1. The van der Waals surface area contributed by atoms with E-state index in [1.807, 2.05) is 66.5 Å². The molecule has 118 valence electrons. The van der Waals surface area contributed by atoms with Crippen LogP contribution in [0, 0.1) is 0 Å². The molecule has 0 atom stereocenters. The highest BCUT2D eigenvalue weighted by molar-refractivity contribution is 5.57. The molecule has 0 amide bonds. The van der Waals surface area contributed by atoms with Crippen LogP contribution in [0.2, 0.25) is 0 Å². The van der Waals surface area contributed by atoms with Crippen LogP contribution in [0.4, 0.5) is 5.69 Å². The second-order valence-corrected chi connectivity index (χ2v) is 5.28. The van der Waals surface area contributed by atoms with Crippen molar-refractivity contribution in [2.45, 2.75) is 13.0 Å². The van der Waals surface area contributed by atoms with Gasteiger partial charge in [0, 0.05) is 7.05 Å². The second-order valence-electron chi connectivity index (χ2n) is 5.28. The van der Waals surface area contributed by atoms with Crippen LogP contribution in [-0.2, 0) is 13.0 Å². The average molecular weight is 309 g/mol. The summed E-state index contributed by atoms with van der Waals surface area (Å²) in [6.45, 7) is 0.530. The van der Waals surface area contributed by atoms with E-state index in [0.717, 1.165) is 17.0 Å². The summed E-state index contributed by atoms with van der Waals surface area (Å²) in [4.78, 5) is 2.03. The number of rotatable bonds is 6. The summed E-state index contributed by atoms with van der Waals surface area (Å²) < 4.78 is 11.1. The molecule has 0 aliphatic heterocycles. The van der Waals surface area contributed by atoms with Crippen LogP contribution in [-0.4, -0.2) is 24.4 Å². The molecular formula is C18H19N3O2. The molecule has 3 aromatic rings. The molecular weight excluding hydrogens is 290 g/mol. The molecule has 0 saturated heterocycles. The molecule has 0 aliphatic carbocycles. The fraction of sp³-hybridized carbons (Fsp3) is 0.222. The summed E-state index contributed by atoms with van der Waals surface area (Å²) in [5, 5.41) is 8.26. The molecule has 0 radical (unpaired) electrons. The van der Waals surface area contributed by atoms with Gasteiger partial charge in [0.15, 0.2) is 0 Å². The van der Waals surface area contributed by atoms with Gasteiger partial charge in [-0.05, 0) is 17.7 Å². The SMILES string of the molecule is COc1ccccc1N(C)Cc1nnc(Cc2ccccc2)o1. The first kappa shape index (κ1) is 15.1. The zero-order valence-electron chi connectivity index (χ0n) is 13.3. The highest BCUT2D eigenvalue weighted by atomic mass is 16.5. The second kappa shape index (κ2) is 6.96. The van der Waals surface area contributed by atoms with Crippen LogP contribution in [0.1, 0.15) is 17.3 Å². The van der Waals surface area contributed by atoms with Crippen LogP contribution >= 0.6 is 0 Å². The maximum atomic E-state index is 5.75. The molecule has 3 rings (SSSR count). The lowest BCUT2D eigenvalue weighted by molar-refractivity contribution is 0.413. The number of hydrogen-bond acceptors (Lipinski definition) is 5. The molecule has 2 aromatic carbocycles. The van der Waals surface area contributed by atoms with Gasteiger partial charge < -0.3 is 14.1 Å². The third-order valence-corrected chi connectivity index (χ3v) is 3.58. The summed E-state index contributed by atoms with van der Waals surface area (Å²) in [6, 6.07) is 17.9. The zero-order valence-corrected chi connectivity index (χ0v) is 13.3. The fourth-order valence-electron chi connectivity index (χ4n) is 2.43. The summed E-state index contributed by atoms with van der Waals surface area (Å²) in [7, 11) is 3.64. The van der Waals surface area contributed by atoms with Crippen LogP contribution in [0.5, 0.6) is 5.75 Å². The minimum atomic E-state index is 0.530. The van der Waals surface area contributed by atoms with Gasteiger partial charge in [-0.2, -0.15) is 0 Å². The molecule has 0 bridgehead atoms. The Morgan fingerprint density at radius 3 is 2.43 bits per heavy atom. The first-order valence-corrected chi connectivity index (χ1v) is 7.45. The molecule has 1 aromatic heterocycles.